The average Bonchev–Trinajstić information content (AvgIpc) is 3.38. The second-order valence-electron chi connectivity index (χ2n) is 6.13. The SMILES string of the molecule is O=C(CNC1CC1)N1CCOCC1CC(O)c1ccccc1. The van der Waals surface area contributed by atoms with E-state index in [4.69, 9.17) is 4.74 Å². The van der Waals surface area contributed by atoms with Gasteiger partial charge in [-0.25, -0.2) is 0 Å². The molecule has 1 heterocycles. The molecule has 1 aliphatic heterocycles. The Morgan fingerprint density at radius 2 is 2.14 bits per heavy atom. The largest absolute Gasteiger partial charge is 0.388 e. The Kier molecular flexibility index (Phi) is 5.08. The first-order valence-electron chi connectivity index (χ1n) is 8.07. The zero-order valence-corrected chi connectivity index (χ0v) is 12.8. The Morgan fingerprint density at radius 1 is 1.36 bits per heavy atom. The molecule has 3 rings (SSSR count). The molecule has 2 unspecified atom stereocenters. The molecule has 1 saturated carbocycles. The third kappa shape index (κ3) is 4.06. The van der Waals surface area contributed by atoms with E-state index in [1.165, 1.54) is 12.8 Å². The van der Waals surface area contributed by atoms with Gasteiger partial charge in [0.15, 0.2) is 0 Å². The minimum atomic E-state index is -0.570. The predicted octanol–water partition coefficient (Wildman–Crippen LogP) is 1.09. The molecule has 1 aliphatic carbocycles. The predicted molar refractivity (Wildman–Crippen MR) is 83.4 cm³/mol. The maximum Gasteiger partial charge on any atom is 0.236 e. The van der Waals surface area contributed by atoms with Crippen LogP contribution in [0.25, 0.3) is 0 Å². The van der Waals surface area contributed by atoms with Gasteiger partial charge in [-0.3, -0.25) is 4.79 Å². The lowest BCUT2D eigenvalue weighted by Gasteiger charge is -2.37. The van der Waals surface area contributed by atoms with E-state index in [2.05, 4.69) is 5.32 Å². The summed E-state index contributed by atoms with van der Waals surface area (Å²) in [7, 11) is 0. The van der Waals surface area contributed by atoms with Gasteiger partial charge in [-0.15, -0.1) is 0 Å². The molecule has 120 valence electrons. The molecule has 1 saturated heterocycles. The molecule has 1 aromatic carbocycles. The highest BCUT2D eigenvalue weighted by molar-refractivity contribution is 5.78. The Balaban J connectivity index is 1.57. The van der Waals surface area contributed by atoms with Gasteiger partial charge >= 0.3 is 0 Å². The van der Waals surface area contributed by atoms with Crippen molar-refractivity contribution in [3.8, 4) is 0 Å². The number of rotatable bonds is 6. The first-order chi connectivity index (χ1) is 10.7. The van der Waals surface area contributed by atoms with Crippen LogP contribution >= 0.6 is 0 Å². The molecular formula is C17H24N2O3. The number of amides is 1. The fourth-order valence-corrected chi connectivity index (χ4v) is 2.87. The molecule has 1 aromatic rings. The van der Waals surface area contributed by atoms with Crippen molar-refractivity contribution in [2.24, 2.45) is 0 Å². The van der Waals surface area contributed by atoms with Gasteiger partial charge in [0.05, 0.1) is 31.9 Å². The smallest absolute Gasteiger partial charge is 0.236 e. The van der Waals surface area contributed by atoms with E-state index in [9.17, 15) is 9.90 Å². The summed E-state index contributed by atoms with van der Waals surface area (Å²) >= 11 is 0. The van der Waals surface area contributed by atoms with Gasteiger partial charge in [0.1, 0.15) is 0 Å². The Hall–Kier alpha value is -1.43. The molecule has 2 atom stereocenters. The number of aliphatic hydroxyl groups excluding tert-OH is 1. The van der Waals surface area contributed by atoms with E-state index in [1.807, 2.05) is 35.2 Å². The molecule has 5 nitrogen and oxygen atoms in total. The van der Waals surface area contributed by atoms with E-state index in [-0.39, 0.29) is 11.9 Å². The number of benzene rings is 1. The summed E-state index contributed by atoms with van der Waals surface area (Å²) in [5, 5.41) is 13.7. The van der Waals surface area contributed by atoms with Gasteiger partial charge in [-0.2, -0.15) is 0 Å². The van der Waals surface area contributed by atoms with E-state index in [0.29, 0.717) is 38.8 Å². The molecule has 2 aliphatic rings. The van der Waals surface area contributed by atoms with Crippen molar-refractivity contribution in [2.45, 2.75) is 37.5 Å². The monoisotopic (exact) mass is 304 g/mol. The molecule has 0 bridgehead atoms. The maximum absolute atomic E-state index is 12.4. The average molecular weight is 304 g/mol. The minimum absolute atomic E-state index is 0.0579. The van der Waals surface area contributed by atoms with Crippen LogP contribution in [0.1, 0.15) is 30.9 Å². The van der Waals surface area contributed by atoms with Crippen molar-refractivity contribution in [1.29, 1.82) is 0 Å². The molecule has 0 spiro atoms. The van der Waals surface area contributed by atoms with Crippen LogP contribution in [0.15, 0.2) is 30.3 Å². The first-order valence-corrected chi connectivity index (χ1v) is 8.07. The van der Waals surface area contributed by atoms with Gasteiger partial charge in [0, 0.05) is 19.0 Å². The van der Waals surface area contributed by atoms with Crippen LogP contribution in [-0.4, -0.2) is 54.3 Å². The highest BCUT2D eigenvalue weighted by Gasteiger charge is 2.30. The fraction of sp³-hybridized carbons (Fsp3) is 0.588. The summed E-state index contributed by atoms with van der Waals surface area (Å²) in [6.45, 7) is 2.08. The summed E-state index contributed by atoms with van der Waals surface area (Å²) in [5.74, 6) is 0.112. The number of morpholine rings is 1. The lowest BCUT2D eigenvalue weighted by atomic mass is 10.0. The van der Waals surface area contributed by atoms with Crippen LogP contribution in [-0.2, 0) is 9.53 Å². The molecular weight excluding hydrogens is 280 g/mol. The van der Waals surface area contributed by atoms with E-state index < -0.39 is 6.10 Å². The Labute approximate surface area is 131 Å². The van der Waals surface area contributed by atoms with Crippen LogP contribution < -0.4 is 5.32 Å². The van der Waals surface area contributed by atoms with Gasteiger partial charge in [-0.1, -0.05) is 30.3 Å². The van der Waals surface area contributed by atoms with E-state index in [0.717, 1.165) is 5.56 Å². The van der Waals surface area contributed by atoms with Gasteiger partial charge in [0.2, 0.25) is 5.91 Å². The molecule has 22 heavy (non-hydrogen) atoms. The molecule has 1 amide bonds. The van der Waals surface area contributed by atoms with E-state index in [1.54, 1.807) is 0 Å². The van der Waals surface area contributed by atoms with E-state index >= 15 is 0 Å². The van der Waals surface area contributed by atoms with Crippen molar-refractivity contribution in [3.63, 3.8) is 0 Å². The second kappa shape index (κ2) is 7.22. The highest BCUT2D eigenvalue weighted by atomic mass is 16.5. The number of nitrogens with zero attached hydrogens (tertiary/aromatic N) is 1. The number of hydrogen-bond donors (Lipinski definition) is 2. The zero-order chi connectivity index (χ0) is 15.4. The van der Waals surface area contributed by atoms with Crippen LogP contribution in [0.5, 0.6) is 0 Å². The Morgan fingerprint density at radius 3 is 2.86 bits per heavy atom. The fourth-order valence-electron chi connectivity index (χ4n) is 2.87. The molecule has 0 radical (unpaired) electrons. The van der Waals surface area contributed by atoms with Crippen molar-refractivity contribution in [2.75, 3.05) is 26.3 Å². The minimum Gasteiger partial charge on any atom is -0.388 e. The highest BCUT2D eigenvalue weighted by Crippen LogP contribution is 2.23. The number of nitrogens with one attached hydrogen (secondary N) is 1. The third-order valence-corrected chi connectivity index (χ3v) is 4.35. The van der Waals surface area contributed by atoms with Crippen molar-refractivity contribution in [1.82, 2.24) is 10.2 Å². The standard InChI is InChI=1S/C17H24N2O3/c20-16(13-4-2-1-3-5-13)10-15-12-22-9-8-19(15)17(21)11-18-14-6-7-14/h1-5,14-16,18,20H,6-12H2. The van der Waals surface area contributed by atoms with Crippen LogP contribution in [0.3, 0.4) is 0 Å². The van der Waals surface area contributed by atoms with Gasteiger partial charge in [-0.05, 0) is 18.4 Å². The van der Waals surface area contributed by atoms with Gasteiger partial charge < -0.3 is 20.1 Å². The number of aliphatic hydroxyl groups is 1. The molecule has 2 fully saturated rings. The molecule has 5 heteroatoms. The summed E-state index contributed by atoms with van der Waals surface area (Å²) in [5.41, 5.74) is 0.886. The Bertz CT molecular complexity index is 490. The van der Waals surface area contributed by atoms with Crippen molar-refractivity contribution in [3.05, 3.63) is 35.9 Å². The van der Waals surface area contributed by atoms with Crippen LogP contribution in [0.2, 0.25) is 0 Å². The molecule has 2 N–H and O–H groups in total. The maximum atomic E-state index is 12.4. The number of ether oxygens (including phenoxy) is 1. The number of carbonyl (C=O) groups excluding carboxylic acids is 1. The topological polar surface area (TPSA) is 61.8 Å². The zero-order valence-electron chi connectivity index (χ0n) is 12.8. The van der Waals surface area contributed by atoms with Crippen LogP contribution in [0, 0.1) is 0 Å². The quantitative estimate of drug-likeness (QED) is 0.826. The first kappa shape index (κ1) is 15.5. The van der Waals surface area contributed by atoms with Crippen LogP contribution in [0.4, 0.5) is 0 Å². The lowest BCUT2D eigenvalue weighted by Crippen LogP contribution is -2.51. The third-order valence-electron chi connectivity index (χ3n) is 4.35. The van der Waals surface area contributed by atoms with Gasteiger partial charge in [0.25, 0.3) is 0 Å². The summed E-state index contributed by atoms with van der Waals surface area (Å²) in [4.78, 5) is 14.3. The van der Waals surface area contributed by atoms with Crippen molar-refractivity contribution >= 4 is 5.91 Å². The number of hydrogen-bond acceptors (Lipinski definition) is 4. The number of carbonyl (C=O) groups is 1. The lowest BCUT2D eigenvalue weighted by molar-refractivity contribution is -0.140. The summed E-state index contributed by atoms with van der Waals surface area (Å²) in [6.07, 6.45) is 2.29. The van der Waals surface area contributed by atoms with Crippen molar-refractivity contribution < 1.29 is 14.6 Å². The molecule has 0 aromatic heterocycles. The normalized spacial score (nSPS) is 23.3. The second-order valence-corrected chi connectivity index (χ2v) is 6.13. The summed E-state index contributed by atoms with van der Waals surface area (Å²) in [6, 6.07) is 10.1. The summed E-state index contributed by atoms with van der Waals surface area (Å²) < 4.78 is 5.51.